The van der Waals surface area contributed by atoms with E-state index in [0.717, 1.165) is 38.4 Å². The highest BCUT2D eigenvalue weighted by Gasteiger charge is 2.17. The molecule has 0 aliphatic carbocycles. The van der Waals surface area contributed by atoms with Crippen LogP contribution < -0.4 is 11.1 Å². The molecule has 88 valence electrons. The van der Waals surface area contributed by atoms with Crippen molar-refractivity contribution in [1.29, 1.82) is 0 Å². The zero-order valence-corrected chi connectivity index (χ0v) is 9.60. The molecule has 1 saturated heterocycles. The van der Waals surface area contributed by atoms with E-state index in [1.165, 1.54) is 0 Å². The Morgan fingerprint density at radius 3 is 2.81 bits per heavy atom. The molecular formula is C12H20N4. The molecule has 1 fully saturated rings. The van der Waals surface area contributed by atoms with Crippen molar-refractivity contribution >= 4 is 0 Å². The van der Waals surface area contributed by atoms with Gasteiger partial charge >= 0.3 is 0 Å². The summed E-state index contributed by atoms with van der Waals surface area (Å²) in [7, 11) is 0. The van der Waals surface area contributed by atoms with Crippen LogP contribution >= 0.6 is 0 Å². The number of rotatable bonds is 4. The standard InChI is InChI=1S/C12H20N4/c13-9-11(12-3-1-2-4-15-12)10-16-7-5-14-6-8-16/h1-4,11,14H,5-10,13H2. The molecule has 0 bridgehead atoms. The van der Waals surface area contributed by atoms with Crippen LogP contribution in [0.15, 0.2) is 24.4 Å². The Morgan fingerprint density at radius 1 is 1.38 bits per heavy atom. The van der Waals surface area contributed by atoms with Gasteiger partial charge in [0.15, 0.2) is 0 Å². The van der Waals surface area contributed by atoms with E-state index in [9.17, 15) is 0 Å². The van der Waals surface area contributed by atoms with E-state index in [-0.39, 0.29) is 0 Å². The summed E-state index contributed by atoms with van der Waals surface area (Å²) in [6.45, 7) is 6.09. The van der Waals surface area contributed by atoms with Gasteiger partial charge in [-0.15, -0.1) is 0 Å². The zero-order chi connectivity index (χ0) is 11.2. The summed E-state index contributed by atoms with van der Waals surface area (Å²) < 4.78 is 0. The minimum atomic E-state index is 0.360. The molecule has 0 aromatic carbocycles. The van der Waals surface area contributed by atoms with Gasteiger partial charge in [0.25, 0.3) is 0 Å². The highest BCUT2D eigenvalue weighted by atomic mass is 15.2. The lowest BCUT2D eigenvalue weighted by molar-refractivity contribution is 0.227. The third kappa shape index (κ3) is 3.01. The quantitative estimate of drug-likeness (QED) is 0.751. The van der Waals surface area contributed by atoms with Gasteiger partial charge in [0.05, 0.1) is 0 Å². The second-order valence-corrected chi connectivity index (χ2v) is 4.24. The predicted molar refractivity (Wildman–Crippen MR) is 65.3 cm³/mol. The van der Waals surface area contributed by atoms with Crippen LogP contribution in [-0.2, 0) is 0 Å². The number of pyridine rings is 1. The van der Waals surface area contributed by atoms with Gasteiger partial charge in [-0.1, -0.05) is 6.07 Å². The summed E-state index contributed by atoms with van der Waals surface area (Å²) in [5.41, 5.74) is 6.95. The van der Waals surface area contributed by atoms with Gasteiger partial charge in [-0.3, -0.25) is 4.98 Å². The van der Waals surface area contributed by atoms with Crippen LogP contribution in [0, 0.1) is 0 Å². The third-order valence-electron chi connectivity index (χ3n) is 3.08. The fourth-order valence-electron chi connectivity index (χ4n) is 2.11. The van der Waals surface area contributed by atoms with Crippen molar-refractivity contribution in [3.8, 4) is 0 Å². The molecule has 1 aromatic rings. The van der Waals surface area contributed by atoms with Crippen LogP contribution in [0.2, 0.25) is 0 Å². The largest absolute Gasteiger partial charge is 0.330 e. The summed E-state index contributed by atoms with van der Waals surface area (Å²) in [5, 5.41) is 3.36. The number of nitrogens with two attached hydrogens (primary N) is 1. The highest BCUT2D eigenvalue weighted by Crippen LogP contribution is 2.13. The maximum Gasteiger partial charge on any atom is 0.0459 e. The first-order valence-corrected chi connectivity index (χ1v) is 5.94. The Kier molecular flexibility index (Phi) is 4.27. The molecule has 0 spiro atoms. The molecule has 0 saturated carbocycles. The van der Waals surface area contributed by atoms with Gasteiger partial charge in [0.2, 0.25) is 0 Å². The Balaban J connectivity index is 1.94. The zero-order valence-electron chi connectivity index (χ0n) is 9.60. The number of nitrogens with one attached hydrogen (secondary N) is 1. The smallest absolute Gasteiger partial charge is 0.0459 e. The number of piperazine rings is 1. The van der Waals surface area contributed by atoms with Gasteiger partial charge in [0.1, 0.15) is 0 Å². The van der Waals surface area contributed by atoms with Gasteiger partial charge in [-0.25, -0.2) is 0 Å². The number of nitrogens with zero attached hydrogens (tertiary/aromatic N) is 2. The van der Waals surface area contributed by atoms with E-state index < -0.39 is 0 Å². The number of hydrogen-bond acceptors (Lipinski definition) is 4. The van der Waals surface area contributed by atoms with Crippen molar-refractivity contribution in [2.45, 2.75) is 5.92 Å². The first kappa shape index (κ1) is 11.5. The fraction of sp³-hybridized carbons (Fsp3) is 0.583. The Morgan fingerprint density at radius 2 is 2.19 bits per heavy atom. The molecule has 4 nitrogen and oxygen atoms in total. The molecule has 1 aliphatic rings. The first-order chi connectivity index (χ1) is 7.90. The first-order valence-electron chi connectivity index (χ1n) is 5.94. The summed E-state index contributed by atoms with van der Waals surface area (Å²) in [6.07, 6.45) is 1.84. The average Bonchev–Trinajstić information content (AvgIpc) is 2.38. The van der Waals surface area contributed by atoms with Crippen molar-refractivity contribution in [3.63, 3.8) is 0 Å². The average molecular weight is 220 g/mol. The maximum atomic E-state index is 5.84. The normalized spacial score (nSPS) is 19.6. The highest BCUT2D eigenvalue weighted by molar-refractivity contribution is 5.10. The minimum Gasteiger partial charge on any atom is -0.330 e. The molecule has 2 heterocycles. The third-order valence-corrected chi connectivity index (χ3v) is 3.08. The van der Waals surface area contributed by atoms with E-state index >= 15 is 0 Å². The van der Waals surface area contributed by atoms with Crippen LogP contribution in [0.1, 0.15) is 11.6 Å². The summed E-state index contributed by atoms with van der Waals surface area (Å²) >= 11 is 0. The van der Waals surface area contributed by atoms with E-state index in [1.54, 1.807) is 0 Å². The molecule has 1 aromatic heterocycles. The van der Waals surface area contributed by atoms with Crippen molar-refractivity contribution in [3.05, 3.63) is 30.1 Å². The summed E-state index contributed by atoms with van der Waals surface area (Å²) in [4.78, 5) is 6.85. The van der Waals surface area contributed by atoms with Crippen LogP contribution in [0.25, 0.3) is 0 Å². The Bertz CT molecular complexity index is 295. The van der Waals surface area contributed by atoms with Crippen LogP contribution in [0.5, 0.6) is 0 Å². The molecule has 1 unspecified atom stereocenters. The number of aromatic nitrogens is 1. The SMILES string of the molecule is NCC(CN1CCNCC1)c1ccccn1. The topological polar surface area (TPSA) is 54.2 Å². The summed E-state index contributed by atoms with van der Waals surface area (Å²) in [6, 6.07) is 6.05. The Hall–Kier alpha value is -0.970. The molecule has 0 radical (unpaired) electrons. The predicted octanol–water partition coefficient (Wildman–Crippen LogP) is 0.0291. The maximum absolute atomic E-state index is 5.84. The van der Waals surface area contributed by atoms with Crippen LogP contribution in [-0.4, -0.2) is 49.2 Å². The van der Waals surface area contributed by atoms with Crippen molar-refractivity contribution in [2.24, 2.45) is 5.73 Å². The van der Waals surface area contributed by atoms with Gasteiger partial charge in [-0.05, 0) is 12.1 Å². The van der Waals surface area contributed by atoms with Crippen molar-refractivity contribution in [2.75, 3.05) is 39.3 Å². The second kappa shape index (κ2) is 5.94. The molecule has 16 heavy (non-hydrogen) atoms. The lowest BCUT2D eigenvalue weighted by Crippen LogP contribution is -2.45. The van der Waals surface area contributed by atoms with E-state index in [1.807, 2.05) is 18.3 Å². The monoisotopic (exact) mass is 220 g/mol. The van der Waals surface area contributed by atoms with Gasteiger partial charge in [-0.2, -0.15) is 0 Å². The van der Waals surface area contributed by atoms with E-state index in [0.29, 0.717) is 12.5 Å². The molecule has 4 heteroatoms. The molecule has 0 amide bonds. The minimum absolute atomic E-state index is 0.360. The molecule has 3 N–H and O–H groups in total. The van der Waals surface area contributed by atoms with E-state index in [2.05, 4.69) is 21.3 Å². The molecule has 1 aliphatic heterocycles. The second-order valence-electron chi connectivity index (χ2n) is 4.24. The van der Waals surface area contributed by atoms with Crippen LogP contribution in [0.4, 0.5) is 0 Å². The Labute approximate surface area is 96.8 Å². The lowest BCUT2D eigenvalue weighted by Gasteiger charge is -2.30. The molecular weight excluding hydrogens is 200 g/mol. The van der Waals surface area contributed by atoms with Crippen molar-refractivity contribution in [1.82, 2.24) is 15.2 Å². The lowest BCUT2D eigenvalue weighted by atomic mass is 10.0. The molecule has 1 atom stereocenters. The van der Waals surface area contributed by atoms with Crippen molar-refractivity contribution < 1.29 is 0 Å². The fourth-order valence-corrected chi connectivity index (χ4v) is 2.11. The molecule has 2 rings (SSSR count). The number of hydrogen-bond donors (Lipinski definition) is 2. The summed E-state index contributed by atoms with van der Waals surface area (Å²) in [5.74, 6) is 0.360. The van der Waals surface area contributed by atoms with Gasteiger partial charge in [0, 0.05) is 57.1 Å². The van der Waals surface area contributed by atoms with E-state index in [4.69, 9.17) is 5.73 Å². The van der Waals surface area contributed by atoms with Crippen LogP contribution in [0.3, 0.4) is 0 Å². The van der Waals surface area contributed by atoms with Gasteiger partial charge < -0.3 is 16.0 Å².